The lowest BCUT2D eigenvalue weighted by atomic mass is 10.1. The van der Waals surface area contributed by atoms with Crippen molar-refractivity contribution in [1.29, 1.82) is 0 Å². The third-order valence-electron chi connectivity index (χ3n) is 3.88. The van der Waals surface area contributed by atoms with E-state index < -0.39 is 10.0 Å². The van der Waals surface area contributed by atoms with Crippen LogP contribution in [-0.2, 0) is 14.8 Å². The van der Waals surface area contributed by atoms with Gasteiger partial charge in [0.15, 0.2) is 0 Å². The summed E-state index contributed by atoms with van der Waals surface area (Å²) in [5.74, 6) is 0.126. The number of sulfonamides is 1. The van der Waals surface area contributed by atoms with E-state index in [1.807, 2.05) is 6.92 Å². The fourth-order valence-electron chi connectivity index (χ4n) is 2.73. The second kappa shape index (κ2) is 6.85. The van der Waals surface area contributed by atoms with Crippen LogP contribution < -0.4 is 9.62 Å². The smallest absolute Gasteiger partial charge is 0.271 e. The number of rotatable bonds is 4. The third kappa shape index (κ3) is 3.65. The van der Waals surface area contributed by atoms with E-state index in [0.29, 0.717) is 18.7 Å². The predicted molar refractivity (Wildman–Crippen MR) is 100 cm³/mol. The van der Waals surface area contributed by atoms with E-state index in [2.05, 4.69) is 20.7 Å². The van der Waals surface area contributed by atoms with Crippen molar-refractivity contribution >= 4 is 54.6 Å². The van der Waals surface area contributed by atoms with Gasteiger partial charge in [-0.15, -0.1) is 11.3 Å². The van der Waals surface area contributed by atoms with Crippen LogP contribution in [0.1, 0.15) is 24.8 Å². The average molecular weight is 429 g/mol. The molecule has 0 spiro atoms. The predicted octanol–water partition coefficient (Wildman–Crippen LogP) is 4.14. The summed E-state index contributed by atoms with van der Waals surface area (Å²) in [5.41, 5.74) is 2.21. The van der Waals surface area contributed by atoms with Gasteiger partial charge in [-0.1, -0.05) is 0 Å². The van der Waals surface area contributed by atoms with E-state index in [-0.39, 0.29) is 10.1 Å². The molecule has 0 bridgehead atoms. The minimum atomic E-state index is -3.60. The summed E-state index contributed by atoms with van der Waals surface area (Å²) in [6.07, 6.45) is 2.50. The number of nitrogens with zero attached hydrogens (tertiary/aromatic N) is 1. The highest BCUT2D eigenvalue weighted by molar-refractivity contribution is 9.11. The highest BCUT2D eigenvalue weighted by atomic mass is 79.9. The maximum atomic E-state index is 12.4. The average Bonchev–Trinajstić information content (AvgIpc) is 2.96. The number of halogens is 1. The first kappa shape index (κ1) is 17.4. The van der Waals surface area contributed by atoms with Gasteiger partial charge in [0, 0.05) is 24.3 Å². The topological polar surface area (TPSA) is 66.5 Å². The van der Waals surface area contributed by atoms with Crippen LogP contribution in [0, 0.1) is 6.92 Å². The van der Waals surface area contributed by atoms with E-state index in [4.69, 9.17) is 0 Å². The van der Waals surface area contributed by atoms with Crippen molar-refractivity contribution in [2.24, 2.45) is 0 Å². The summed E-state index contributed by atoms with van der Waals surface area (Å²) >= 11 is 4.43. The molecule has 2 heterocycles. The molecular formula is C16H17BrN2O3S2. The molecule has 1 aromatic heterocycles. The number of nitrogens with one attached hydrogen (secondary N) is 1. The quantitative estimate of drug-likeness (QED) is 0.795. The van der Waals surface area contributed by atoms with Crippen molar-refractivity contribution in [2.45, 2.75) is 30.4 Å². The molecule has 1 aliphatic rings. The molecule has 1 amide bonds. The molecule has 1 fully saturated rings. The number of anilines is 2. The van der Waals surface area contributed by atoms with Crippen molar-refractivity contribution < 1.29 is 13.2 Å². The van der Waals surface area contributed by atoms with Crippen molar-refractivity contribution in [2.75, 3.05) is 16.2 Å². The van der Waals surface area contributed by atoms with Gasteiger partial charge in [0.25, 0.3) is 10.0 Å². The first-order valence-electron chi connectivity index (χ1n) is 7.56. The largest absolute Gasteiger partial charge is 0.312 e. The second-order valence-electron chi connectivity index (χ2n) is 5.67. The molecule has 0 aliphatic carbocycles. The van der Waals surface area contributed by atoms with E-state index >= 15 is 0 Å². The molecule has 8 heteroatoms. The summed E-state index contributed by atoms with van der Waals surface area (Å²) < 4.78 is 28.4. The zero-order chi connectivity index (χ0) is 17.3. The molecule has 1 saturated heterocycles. The third-order valence-corrected chi connectivity index (χ3v) is 7.37. The molecular weight excluding hydrogens is 412 g/mol. The van der Waals surface area contributed by atoms with Crippen LogP contribution in [0.25, 0.3) is 0 Å². The van der Waals surface area contributed by atoms with Gasteiger partial charge in [-0.3, -0.25) is 9.52 Å². The number of carbonyl (C=O) groups is 1. The number of amides is 1. The van der Waals surface area contributed by atoms with Gasteiger partial charge < -0.3 is 4.90 Å². The normalized spacial score (nSPS) is 15.6. The van der Waals surface area contributed by atoms with Crippen LogP contribution in [0.2, 0.25) is 0 Å². The van der Waals surface area contributed by atoms with Gasteiger partial charge >= 0.3 is 0 Å². The Morgan fingerprint density at radius 1 is 1.21 bits per heavy atom. The van der Waals surface area contributed by atoms with Crippen LogP contribution in [-0.4, -0.2) is 20.9 Å². The fourth-order valence-corrected chi connectivity index (χ4v) is 5.79. The number of hydrogen-bond acceptors (Lipinski definition) is 4. The van der Waals surface area contributed by atoms with Gasteiger partial charge in [-0.25, -0.2) is 8.42 Å². The number of aryl methyl sites for hydroxylation is 1. The van der Waals surface area contributed by atoms with Crippen LogP contribution in [0.5, 0.6) is 0 Å². The van der Waals surface area contributed by atoms with Crippen LogP contribution in [0.3, 0.4) is 0 Å². The SMILES string of the molecule is Cc1cc(NS(=O)(=O)c2ccc(Br)s2)ccc1N1CCCCC1=O. The highest BCUT2D eigenvalue weighted by Crippen LogP contribution is 2.30. The summed E-state index contributed by atoms with van der Waals surface area (Å²) in [7, 11) is -3.60. The lowest BCUT2D eigenvalue weighted by Crippen LogP contribution is -2.35. The van der Waals surface area contributed by atoms with Crippen LogP contribution in [0.4, 0.5) is 11.4 Å². The van der Waals surface area contributed by atoms with E-state index in [1.165, 1.54) is 0 Å². The van der Waals surface area contributed by atoms with Gasteiger partial charge in [-0.05, 0) is 71.6 Å². The van der Waals surface area contributed by atoms with E-state index in [0.717, 1.165) is 39.2 Å². The Bertz CT molecular complexity index is 877. The molecule has 1 aliphatic heterocycles. The first-order chi connectivity index (χ1) is 11.4. The van der Waals surface area contributed by atoms with E-state index in [9.17, 15) is 13.2 Å². The van der Waals surface area contributed by atoms with Crippen molar-refractivity contribution in [3.63, 3.8) is 0 Å². The number of carbonyl (C=O) groups excluding carboxylic acids is 1. The Kier molecular flexibility index (Phi) is 4.98. The summed E-state index contributed by atoms with van der Waals surface area (Å²) in [5, 5.41) is 0. The zero-order valence-electron chi connectivity index (χ0n) is 13.1. The highest BCUT2D eigenvalue weighted by Gasteiger charge is 2.22. The Morgan fingerprint density at radius 3 is 2.62 bits per heavy atom. The lowest BCUT2D eigenvalue weighted by molar-refractivity contribution is -0.119. The van der Waals surface area contributed by atoms with Gasteiger partial charge in [0.2, 0.25) is 5.91 Å². The summed E-state index contributed by atoms with van der Waals surface area (Å²) in [6, 6.07) is 8.53. The zero-order valence-corrected chi connectivity index (χ0v) is 16.3. The maximum absolute atomic E-state index is 12.4. The molecule has 0 atom stereocenters. The molecule has 3 rings (SSSR count). The maximum Gasteiger partial charge on any atom is 0.271 e. The Morgan fingerprint density at radius 2 is 2.00 bits per heavy atom. The standard InChI is InChI=1S/C16H17BrN2O3S2/c1-11-10-12(18-24(21,22)16-8-7-14(17)23-16)5-6-13(11)19-9-3-2-4-15(19)20/h5-8,10,18H,2-4,9H2,1H3. The van der Waals surface area contributed by atoms with Gasteiger partial charge in [0.1, 0.15) is 4.21 Å². The Hall–Kier alpha value is -1.38. The lowest BCUT2D eigenvalue weighted by Gasteiger charge is -2.28. The second-order valence-corrected chi connectivity index (χ2v) is 10.0. The molecule has 5 nitrogen and oxygen atoms in total. The molecule has 128 valence electrons. The molecule has 0 radical (unpaired) electrons. The molecule has 1 aromatic carbocycles. The number of piperidine rings is 1. The number of benzene rings is 1. The number of thiophene rings is 1. The molecule has 0 saturated carbocycles. The van der Waals surface area contributed by atoms with Crippen LogP contribution in [0.15, 0.2) is 38.3 Å². The minimum Gasteiger partial charge on any atom is -0.312 e. The van der Waals surface area contributed by atoms with Gasteiger partial charge in [-0.2, -0.15) is 0 Å². The van der Waals surface area contributed by atoms with Crippen molar-refractivity contribution in [3.05, 3.63) is 39.7 Å². The minimum absolute atomic E-state index is 0.126. The van der Waals surface area contributed by atoms with Crippen LogP contribution >= 0.6 is 27.3 Å². The molecule has 24 heavy (non-hydrogen) atoms. The monoisotopic (exact) mass is 428 g/mol. The van der Waals surface area contributed by atoms with E-state index in [1.54, 1.807) is 35.2 Å². The van der Waals surface area contributed by atoms with Crippen molar-refractivity contribution in [1.82, 2.24) is 0 Å². The summed E-state index contributed by atoms with van der Waals surface area (Å²) in [4.78, 5) is 13.8. The molecule has 2 aromatic rings. The fraction of sp³-hybridized carbons (Fsp3) is 0.312. The molecule has 0 unspecified atom stereocenters. The number of hydrogen-bond donors (Lipinski definition) is 1. The first-order valence-corrected chi connectivity index (χ1v) is 10.7. The Labute approximate surface area is 153 Å². The van der Waals surface area contributed by atoms with Gasteiger partial charge in [0.05, 0.1) is 3.79 Å². The van der Waals surface area contributed by atoms with Crippen molar-refractivity contribution in [3.8, 4) is 0 Å². The summed E-state index contributed by atoms with van der Waals surface area (Å²) in [6.45, 7) is 2.60. The Balaban J connectivity index is 1.83. The molecule has 1 N–H and O–H groups in total.